The van der Waals surface area contributed by atoms with E-state index in [2.05, 4.69) is 0 Å². The third-order valence-corrected chi connectivity index (χ3v) is 5.37. The van der Waals surface area contributed by atoms with Gasteiger partial charge >= 0.3 is 12.1 Å². The molecule has 1 aliphatic rings. The smallest absolute Gasteiger partial charge is 0.422 e. The first kappa shape index (κ1) is 21.5. The van der Waals surface area contributed by atoms with E-state index in [0.717, 1.165) is 24.8 Å². The molecule has 0 aromatic heterocycles. The number of benzene rings is 2. The number of hydrogen-bond acceptors (Lipinski definition) is 2. The minimum absolute atomic E-state index is 0.0247. The summed E-state index contributed by atoms with van der Waals surface area (Å²) in [7, 11) is 0. The molecular formula is C22H22ClF3O3. The third-order valence-electron chi connectivity index (χ3n) is 5.09. The number of ether oxygens (including phenoxy) is 1. The summed E-state index contributed by atoms with van der Waals surface area (Å²) in [4.78, 5) is 11.8. The minimum Gasteiger partial charge on any atom is -0.482 e. The molecule has 1 N–H and O–H groups in total. The highest BCUT2D eigenvalue weighted by molar-refractivity contribution is 6.32. The molecule has 3 nitrogen and oxygen atoms in total. The van der Waals surface area contributed by atoms with E-state index < -0.39 is 24.7 Å². The van der Waals surface area contributed by atoms with Crippen LogP contribution in [-0.4, -0.2) is 23.9 Å². The zero-order valence-electron chi connectivity index (χ0n) is 15.9. The number of aliphatic carboxylic acids is 1. The number of alkyl halides is 3. The predicted molar refractivity (Wildman–Crippen MR) is 106 cm³/mol. The highest BCUT2D eigenvalue weighted by Crippen LogP contribution is 2.44. The van der Waals surface area contributed by atoms with E-state index in [-0.39, 0.29) is 10.8 Å². The molecule has 1 aliphatic carbocycles. The van der Waals surface area contributed by atoms with E-state index in [0.29, 0.717) is 29.0 Å². The van der Waals surface area contributed by atoms with Crippen molar-refractivity contribution in [3.8, 4) is 16.9 Å². The van der Waals surface area contributed by atoms with Crippen LogP contribution in [-0.2, 0) is 11.2 Å². The van der Waals surface area contributed by atoms with Crippen LogP contribution in [0.25, 0.3) is 11.1 Å². The van der Waals surface area contributed by atoms with Gasteiger partial charge in [0.25, 0.3) is 0 Å². The standard InChI is InChI=1S/C22H22ClF3O3/c1-2-13-5-7-15(8-6-13)17-10-16(18(21(27)28)9-14-3-4-14)11-19(23)20(17)29-12-22(24,25)26/h5-8,10-11,14,18H,2-4,9,12H2,1H3,(H,27,28). The van der Waals surface area contributed by atoms with Gasteiger partial charge in [0.15, 0.2) is 6.61 Å². The molecule has 1 atom stereocenters. The van der Waals surface area contributed by atoms with Gasteiger partial charge in [-0.3, -0.25) is 4.79 Å². The fourth-order valence-electron chi connectivity index (χ4n) is 3.32. The van der Waals surface area contributed by atoms with Crippen molar-refractivity contribution >= 4 is 17.6 Å². The second-order valence-electron chi connectivity index (χ2n) is 7.40. The maximum Gasteiger partial charge on any atom is 0.422 e. The molecule has 0 aliphatic heterocycles. The van der Waals surface area contributed by atoms with Crippen LogP contribution in [0.4, 0.5) is 13.2 Å². The predicted octanol–water partition coefficient (Wildman–Crippen LogP) is 6.48. The molecule has 2 aromatic carbocycles. The summed E-state index contributed by atoms with van der Waals surface area (Å²) in [5, 5.41) is 9.66. The van der Waals surface area contributed by atoms with Crippen molar-refractivity contribution in [3.63, 3.8) is 0 Å². The molecule has 29 heavy (non-hydrogen) atoms. The van der Waals surface area contributed by atoms with Crippen molar-refractivity contribution in [3.05, 3.63) is 52.5 Å². The Balaban J connectivity index is 2.05. The van der Waals surface area contributed by atoms with E-state index >= 15 is 0 Å². The molecular weight excluding hydrogens is 405 g/mol. The second-order valence-corrected chi connectivity index (χ2v) is 7.81. The Hall–Kier alpha value is -2.21. The van der Waals surface area contributed by atoms with Crippen molar-refractivity contribution in [1.29, 1.82) is 0 Å². The Morgan fingerprint density at radius 2 is 1.90 bits per heavy atom. The van der Waals surface area contributed by atoms with Crippen LogP contribution >= 0.6 is 11.6 Å². The van der Waals surface area contributed by atoms with Gasteiger partial charge in [-0.2, -0.15) is 13.2 Å². The normalized spacial score (nSPS) is 15.2. The van der Waals surface area contributed by atoms with Crippen molar-refractivity contribution in [2.24, 2.45) is 5.92 Å². The summed E-state index contributed by atoms with van der Waals surface area (Å²) < 4.78 is 43.2. The first-order chi connectivity index (χ1) is 13.7. The molecule has 0 bridgehead atoms. The lowest BCUT2D eigenvalue weighted by Gasteiger charge is -2.19. The molecule has 1 unspecified atom stereocenters. The summed E-state index contributed by atoms with van der Waals surface area (Å²) in [6.45, 7) is 0.524. The van der Waals surface area contributed by atoms with Gasteiger partial charge in [0, 0.05) is 5.56 Å². The van der Waals surface area contributed by atoms with E-state index in [4.69, 9.17) is 16.3 Å². The number of aryl methyl sites for hydroxylation is 1. The Labute approximate surface area is 172 Å². The molecule has 1 saturated carbocycles. The summed E-state index contributed by atoms with van der Waals surface area (Å²) >= 11 is 6.29. The zero-order chi connectivity index (χ0) is 21.2. The second kappa shape index (κ2) is 8.66. The van der Waals surface area contributed by atoms with Crippen molar-refractivity contribution < 1.29 is 27.8 Å². The van der Waals surface area contributed by atoms with Crippen molar-refractivity contribution in [1.82, 2.24) is 0 Å². The SMILES string of the molecule is CCc1ccc(-c2cc(C(CC3CC3)C(=O)O)cc(Cl)c2OCC(F)(F)F)cc1. The van der Waals surface area contributed by atoms with Crippen LogP contribution in [0.15, 0.2) is 36.4 Å². The number of hydrogen-bond donors (Lipinski definition) is 1. The van der Waals surface area contributed by atoms with Crippen LogP contribution < -0.4 is 4.74 Å². The maximum absolute atomic E-state index is 12.7. The first-order valence-electron chi connectivity index (χ1n) is 9.53. The summed E-state index contributed by atoms with van der Waals surface area (Å²) in [6.07, 6.45) is -1.21. The van der Waals surface area contributed by atoms with E-state index in [1.54, 1.807) is 18.2 Å². The van der Waals surface area contributed by atoms with Crippen molar-refractivity contribution in [2.45, 2.75) is 44.7 Å². The number of rotatable bonds is 8. The van der Waals surface area contributed by atoms with Gasteiger partial charge < -0.3 is 9.84 Å². The van der Waals surface area contributed by atoms with Gasteiger partial charge in [-0.15, -0.1) is 0 Å². The monoisotopic (exact) mass is 426 g/mol. The van der Waals surface area contributed by atoms with E-state index in [9.17, 15) is 23.1 Å². The van der Waals surface area contributed by atoms with Gasteiger partial charge in [-0.05, 0) is 47.6 Å². The van der Waals surface area contributed by atoms with Crippen LogP contribution in [0.3, 0.4) is 0 Å². The molecule has 0 spiro atoms. The number of halogens is 4. The third kappa shape index (κ3) is 5.66. The molecule has 7 heteroatoms. The average molecular weight is 427 g/mol. The Morgan fingerprint density at radius 1 is 1.24 bits per heavy atom. The minimum atomic E-state index is -4.51. The molecule has 0 amide bonds. The van der Waals surface area contributed by atoms with Crippen molar-refractivity contribution in [2.75, 3.05) is 6.61 Å². The number of carboxylic acids is 1. The molecule has 2 aromatic rings. The maximum atomic E-state index is 12.7. The molecule has 1 fully saturated rings. The first-order valence-corrected chi connectivity index (χ1v) is 9.91. The average Bonchev–Trinajstić information content (AvgIpc) is 3.48. The lowest BCUT2D eigenvalue weighted by atomic mass is 9.90. The lowest BCUT2D eigenvalue weighted by Crippen LogP contribution is -2.20. The van der Waals surface area contributed by atoms with E-state index in [1.807, 2.05) is 19.1 Å². The molecule has 156 valence electrons. The van der Waals surface area contributed by atoms with E-state index in [1.165, 1.54) is 6.07 Å². The Bertz CT molecular complexity index is 874. The highest BCUT2D eigenvalue weighted by atomic mass is 35.5. The lowest BCUT2D eigenvalue weighted by molar-refractivity contribution is -0.153. The van der Waals surface area contributed by atoms with Gasteiger partial charge in [0.1, 0.15) is 5.75 Å². The quantitative estimate of drug-likeness (QED) is 0.525. The fourth-order valence-corrected chi connectivity index (χ4v) is 3.60. The highest BCUT2D eigenvalue weighted by Gasteiger charge is 2.32. The van der Waals surface area contributed by atoms with Crippen LogP contribution in [0.2, 0.25) is 5.02 Å². The topological polar surface area (TPSA) is 46.5 Å². The summed E-state index contributed by atoms with van der Waals surface area (Å²) in [5.41, 5.74) is 2.54. The molecule has 0 saturated heterocycles. The largest absolute Gasteiger partial charge is 0.482 e. The molecule has 0 radical (unpaired) electrons. The fraction of sp³-hybridized carbons (Fsp3) is 0.409. The zero-order valence-corrected chi connectivity index (χ0v) is 16.7. The van der Waals surface area contributed by atoms with Gasteiger partial charge in [-0.25, -0.2) is 0 Å². The van der Waals surface area contributed by atoms with Crippen LogP contribution in [0, 0.1) is 5.92 Å². The molecule has 0 heterocycles. The van der Waals surface area contributed by atoms with Crippen LogP contribution in [0.5, 0.6) is 5.75 Å². The number of carbonyl (C=O) groups is 1. The Kier molecular flexibility index (Phi) is 6.42. The van der Waals surface area contributed by atoms with Gasteiger partial charge in [-0.1, -0.05) is 55.6 Å². The summed E-state index contributed by atoms with van der Waals surface area (Å²) in [6, 6.07) is 10.3. The Morgan fingerprint density at radius 3 is 2.41 bits per heavy atom. The van der Waals surface area contributed by atoms with Crippen LogP contribution in [0.1, 0.15) is 43.2 Å². The van der Waals surface area contributed by atoms with Gasteiger partial charge in [0.05, 0.1) is 10.9 Å². The van der Waals surface area contributed by atoms with Gasteiger partial charge in [0.2, 0.25) is 0 Å². The summed E-state index contributed by atoms with van der Waals surface area (Å²) in [5.74, 6) is -1.45. The number of carboxylic acid groups (broad SMARTS) is 1. The molecule has 3 rings (SSSR count).